The Morgan fingerprint density at radius 3 is 2.31 bits per heavy atom. The SMILES string of the molecule is NC(=O)c1ccc(N2CCCCC2)c(NC(=O)N2CCN(c3ncc(Cl)cc3Cl)CC2)c1. The van der Waals surface area contributed by atoms with Crippen molar-refractivity contribution in [3.8, 4) is 0 Å². The standard InChI is InChI=1S/C22H26Cl2N6O2/c23-16-13-17(24)21(26-14-16)29-8-10-30(11-9-29)22(32)27-18-12-15(20(25)31)4-5-19(18)28-6-2-1-3-7-28/h4-5,12-14H,1-3,6-11H2,(H2,25,31)(H,27,32). The second-order valence-corrected chi connectivity index (χ2v) is 8.85. The average Bonchev–Trinajstić information content (AvgIpc) is 2.80. The lowest BCUT2D eigenvalue weighted by molar-refractivity contribution is 0.1000. The summed E-state index contributed by atoms with van der Waals surface area (Å²) < 4.78 is 0. The molecule has 10 heteroatoms. The average molecular weight is 477 g/mol. The first-order chi connectivity index (χ1) is 15.4. The minimum atomic E-state index is -0.522. The number of carbonyl (C=O) groups is 2. The number of hydrogen-bond donors (Lipinski definition) is 2. The van der Waals surface area contributed by atoms with Gasteiger partial charge in [0.25, 0.3) is 0 Å². The number of pyridine rings is 1. The van der Waals surface area contributed by atoms with E-state index < -0.39 is 5.91 Å². The van der Waals surface area contributed by atoms with Crippen LogP contribution in [0.2, 0.25) is 10.0 Å². The second kappa shape index (κ2) is 9.83. The van der Waals surface area contributed by atoms with Gasteiger partial charge in [0.2, 0.25) is 5.91 Å². The molecule has 1 aromatic heterocycles. The highest BCUT2D eigenvalue weighted by Gasteiger charge is 2.25. The van der Waals surface area contributed by atoms with Crippen LogP contribution in [0.3, 0.4) is 0 Å². The van der Waals surface area contributed by atoms with Gasteiger partial charge in [0.15, 0.2) is 0 Å². The highest BCUT2D eigenvalue weighted by Crippen LogP contribution is 2.31. The molecule has 2 aromatic rings. The third kappa shape index (κ3) is 5.02. The van der Waals surface area contributed by atoms with Gasteiger partial charge in [-0.1, -0.05) is 23.2 Å². The number of amides is 3. The maximum Gasteiger partial charge on any atom is 0.322 e. The summed E-state index contributed by atoms with van der Waals surface area (Å²) in [7, 11) is 0. The van der Waals surface area contributed by atoms with E-state index in [-0.39, 0.29) is 6.03 Å². The van der Waals surface area contributed by atoms with Crippen LogP contribution in [0.25, 0.3) is 0 Å². The molecule has 0 saturated carbocycles. The molecular weight excluding hydrogens is 451 g/mol. The second-order valence-electron chi connectivity index (χ2n) is 8.01. The van der Waals surface area contributed by atoms with Gasteiger partial charge >= 0.3 is 6.03 Å². The number of benzene rings is 1. The van der Waals surface area contributed by atoms with Crippen LogP contribution in [-0.4, -0.2) is 61.1 Å². The van der Waals surface area contributed by atoms with Crippen LogP contribution in [0, 0.1) is 0 Å². The predicted molar refractivity (Wildman–Crippen MR) is 128 cm³/mol. The monoisotopic (exact) mass is 476 g/mol. The van der Waals surface area contributed by atoms with E-state index in [2.05, 4.69) is 15.2 Å². The number of halogens is 2. The number of nitrogens with two attached hydrogens (primary N) is 1. The molecule has 0 unspecified atom stereocenters. The number of anilines is 3. The number of primary amides is 1. The Hall–Kier alpha value is -2.71. The number of piperidine rings is 1. The Kier molecular flexibility index (Phi) is 6.91. The molecule has 8 nitrogen and oxygen atoms in total. The van der Waals surface area contributed by atoms with Crippen LogP contribution in [0.5, 0.6) is 0 Å². The van der Waals surface area contributed by atoms with E-state index in [1.54, 1.807) is 29.3 Å². The summed E-state index contributed by atoms with van der Waals surface area (Å²) in [6.45, 7) is 4.07. The Balaban J connectivity index is 1.45. The van der Waals surface area contributed by atoms with Crippen molar-refractivity contribution < 1.29 is 9.59 Å². The van der Waals surface area contributed by atoms with Crippen molar-refractivity contribution in [3.63, 3.8) is 0 Å². The van der Waals surface area contributed by atoms with E-state index in [0.717, 1.165) is 31.6 Å². The Bertz CT molecular complexity index is 1000. The van der Waals surface area contributed by atoms with Crippen molar-refractivity contribution in [2.45, 2.75) is 19.3 Å². The summed E-state index contributed by atoms with van der Waals surface area (Å²) in [5.74, 6) is 0.143. The van der Waals surface area contributed by atoms with E-state index >= 15 is 0 Å². The van der Waals surface area contributed by atoms with Gasteiger partial charge in [-0.25, -0.2) is 9.78 Å². The lowest BCUT2D eigenvalue weighted by Gasteiger charge is -2.36. The lowest BCUT2D eigenvalue weighted by atomic mass is 10.1. The van der Waals surface area contributed by atoms with Crippen molar-refractivity contribution in [2.24, 2.45) is 5.73 Å². The molecule has 2 saturated heterocycles. The van der Waals surface area contributed by atoms with Gasteiger partial charge in [0.1, 0.15) is 5.82 Å². The summed E-state index contributed by atoms with van der Waals surface area (Å²) >= 11 is 12.2. The number of nitrogens with one attached hydrogen (secondary N) is 1. The zero-order chi connectivity index (χ0) is 22.7. The summed E-state index contributed by atoms with van der Waals surface area (Å²) in [6, 6.07) is 6.70. The first kappa shape index (κ1) is 22.5. The van der Waals surface area contributed by atoms with Gasteiger partial charge in [0, 0.05) is 51.0 Å². The molecular formula is C22H26Cl2N6O2. The van der Waals surface area contributed by atoms with Crippen LogP contribution in [0.1, 0.15) is 29.6 Å². The smallest absolute Gasteiger partial charge is 0.322 e. The van der Waals surface area contributed by atoms with Crippen molar-refractivity contribution >= 4 is 52.3 Å². The van der Waals surface area contributed by atoms with Crippen molar-refractivity contribution in [1.82, 2.24) is 9.88 Å². The largest absolute Gasteiger partial charge is 0.370 e. The Morgan fingerprint density at radius 2 is 1.66 bits per heavy atom. The maximum absolute atomic E-state index is 13.0. The number of hydrogen-bond acceptors (Lipinski definition) is 5. The fraction of sp³-hybridized carbons (Fsp3) is 0.409. The van der Waals surface area contributed by atoms with E-state index in [9.17, 15) is 9.59 Å². The van der Waals surface area contributed by atoms with Crippen LogP contribution in [0.15, 0.2) is 30.5 Å². The fourth-order valence-electron chi connectivity index (χ4n) is 4.16. The normalized spacial score (nSPS) is 16.8. The van der Waals surface area contributed by atoms with Crippen molar-refractivity contribution in [1.29, 1.82) is 0 Å². The van der Waals surface area contributed by atoms with Crippen molar-refractivity contribution in [2.75, 3.05) is 54.4 Å². The quantitative estimate of drug-likeness (QED) is 0.698. The number of aromatic nitrogens is 1. The molecule has 2 aliphatic rings. The summed E-state index contributed by atoms with van der Waals surface area (Å²) in [5, 5.41) is 3.98. The van der Waals surface area contributed by atoms with Crippen LogP contribution < -0.4 is 20.9 Å². The minimum absolute atomic E-state index is 0.209. The van der Waals surface area contributed by atoms with E-state index in [1.807, 2.05) is 11.0 Å². The minimum Gasteiger partial charge on any atom is -0.370 e. The van der Waals surface area contributed by atoms with E-state index in [0.29, 0.717) is 53.3 Å². The Labute approximate surface area is 197 Å². The molecule has 2 fully saturated rings. The molecule has 0 spiro atoms. The fourth-order valence-corrected chi connectivity index (χ4v) is 4.66. The highest BCUT2D eigenvalue weighted by molar-refractivity contribution is 6.36. The van der Waals surface area contributed by atoms with Crippen LogP contribution in [0.4, 0.5) is 22.0 Å². The third-order valence-electron chi connectivity index (χ3n) is 5.87. The lowest BCUT2D eigenvalue weighted by Crippen LogP contribution is -2.50. The molecule has 0 bridgehead atoms. The number of urea groups is 1. The molecule has 3 amide bonds. The van der Waals surface area contributed by atoms with E-state index in [4.69, 9.17) is 28.9 Å². The van der Waals surface area contributed by atoms with Gasteiger partial charge in [-0.05, 0) is 43.5 Å². The molecule has 3 heterocycles. The first-order valence-electron chi connectivity index (χ1n) is 10.7. The molecule has 1 aromatic carbocycles. The topological polar surface area (TPSA) is 94.8 Å². The molecule has 0 radical (unpaired) electrons. The van der Waals surface area contributed by atoms with Crippen LogP contribution in [-0.2, 0) is 0 Å². The van der Waals surface area contributed by atoms with Gasteiger partial charge in [-0.15, -0.1) is 0 Å². The van der Waals surface area contributed by atoms with E-state index in [1.165, 1.54) is 6.42 Å². The van der Waals surface area contributed by atoms with Gasteiger partial charge in [-0.2, -0.15) is 0 Å². The summed E-state index contributed by atoms with van der Waals surface area (Å²) in [4.78, 5) is 35.1. The summed E-state index contributed by atoms with van der Waals surface area (Å²) in [5.41, 5.74) is 7.37. The van der Waals surface area contributed by atoms with Gasteiger partial charge in [0.05, 0.1) is 21.4 Å². The zero-order valence-corrected chi connectivity index (χ0v) is 19.2. The molecule has 2 aliphatic heterocycles. The number of piperazine rings is 1. The molecule has 3 N–H and O–H groups in total. The molecule has 170 valence electrons. The van der Waals surface area contributed by atoms with Gasteiger partial charge in [-0.3, -0.25) is 4.79 Å². The predicted octanol–water partition coefficient (Wildman–Crippen LogP) is 3.83. The summed E-state index contributed by atoms with van der Waals surface area (Å²) in [6.07, 6.45) is 4.98. The zero-order valence-electron chi connectivity index (χ0n) is 17.7. The van der Waals surface area contributed by atoms with Gasteiger partial charge < -0.3 is 25.8 Å². The molecule has 32 heavy (non-hydrogen) atoms. The first-order valence-corrected chi connectivity index (χ1v) is 11.5. The number of rotatable bonds is 4. The molecule has 0 atom stereocenters. The third-order valence-corrected chi connectivity index (χ3v) is 6.36. The molecule has 0 aliphatic carbocycles. The highest BCUT2D eigenvalue weighted by atomic mass is 35.5. The number of carbonyl (C=O) groups excluding carboxylic acids is 2. The van der Waals surface area contributed by atoms with Crippen molar-refractivity contribution in [3.05, 3.63) is 46.1 Å². The maximum atomic E-state index is 13.0. The number of nitrogens with zero attached hydrogens (tertiary/aromatic N) is 4. The Morgan fingerprint density at radius 1 is 0.938 bits per heavy atom. The van der Waals surface area contributed by atoms with Crippen LogP contribution >= 0.6 is 23.2 Å². The molecule has 4 rings (SSSR count).